The standard InChI is InChI=1S/C11H12ClNO5S/c1-7(5-11(14)15)19(18)6-8-9(12)3-2-4-10(8)13(16)17/h2-4,7H,5-6H2,1H3,(H,14,15). The Kier molecular flexibility index (Phi) is 5.44. The maximum atomic E-state index is 11.9. The van der Waals surface area contributed by atoms with Crippen LogP contribution >= 0.6 is 11.6 Å². The lowest BCUT2D eigenvalue weighted by Crippen LogP contribution is -2.17. The highest BCUT2D eigenvalue weighted by Gasteiger charge is 2.22. The molecule has 0 spiro atoms. The van der Waals surface area contributed by atoms with Crippen molar-refractivity contribution in [2.24, 2.45) is 0 Å². The third-order valence-corrected chi connectivity index (χ3v) is 4.48. The molecule has 8 heteroatoms. The molecule has 1 aromatic carbocycles. The van der Waals surface area contributed by atoms with Crippen LogP contribution < -0.4 is 0 Å². The fourth-order valence-electron chi connectivity index (χ4n) is 1.48. The normalized spacial score (nSPS) is 13.8. The number of halogens is 1. The molecule has 6 nitrogen and oxygen atoms in total. The van der Waals surface area contributed by atoms with Gasteiger partial charge in [0, 0.05) is 22.1 Å². The van der Waals surface area contributed by atoms with Crippen LogP contribution in [-0.2, 0) is 21.3 Å². The first-order valence-corrected chi connectivity index (χ1v) is 7.09. The molecule has 0 aliphatic rings. The molecule has 0 aromatic heterocycles. The van der Waals surface area contributed by atoms with E-state index in [1.807, 2.05) is 0 Å². The van der Waals surface area contributed by atoms with Crippen LogP contribution in [0.25, 0.3) is 0 Å². The van der Waals surface area contributed by atoms with Gasteiger partial charge in [0.25, 0.3) is 5.69 Å². The SMILES string of the molecule is CC(CC(=O)O)S(=O)Cc1c(Cl)cccc1[N+](=O)[O-]. The van der Waals surface area contributed by atoms with Gasteiger partial charge in [-0.3, -0.25) is 19.1 Å². The van der Waals surface area contributed by atoms with E-state index < -0.39 is 26.9 Å². The number of benzene rings is 1. The van der Waals surface area contributed by atoms with Crippen molar-refractivity contribution in [3.63, 3.8) is 0 Å². The fraction of sp³-hybridized carbons (Fsp3) is 0.364. The minimum atomic E-state index is -1.54. The minimum absolute atomic E-state index is 0.134. The summed E-state index contributed by atoms with van der Waals surface area (Å²) >= 11 is 5.87. The lowest BCUT2D eigenvalue weighted by atomic mass is 10.2. The zero-order valence-electron chi connectivity index (χ0n) is 10.0. The summed E-state index contributed by atoms with van der Waals surface area (Å²) in [6.07, 6.45) is -0.259. The Labute approximate surface area is 117 Å². The summed E-state index contributed by atoms with van der Waals surface area (Å²) in [6, 6.07) is 4.19. The summed E-state index contributed by atoms with van der Waals surface area (Å²) in [6.45, 7) is 1.52. The molecule has 1 rings (SSSR count). The van der Waals surface area contributed by atoms with Gasteiger partial charge in [-0.1, -0.05) is 24.6 Å². The number of carboxylic acid groups (broad SMARTS) is 1. The van der Waals surface area contributed by atoms with Gasteiger partial charge in [0.05, 0.1) is 27.7 Å². The summed E-state index contributed by atoms with van der Waals surface area (Å²) in [7, 11) is -1.54. The molecule has 0 amide bonds. The quantitative estimate of drug-likeness (QED) is 0.642. The highest BCUT2D eigenvalue weighted by atomic mass is 35.5. The zero-order chi connectivity index (χ0) is 14.6. The number of nitro groups is 1. The molecule has 2 unspecified atom stereocenters. The first-order valence-electron chi connectivity index (χ1n) is 5.33. The molecule has 0 aliphatic heterocycles. The molecular weight excluding hydrogens is 294 g/mol. The lowest BCUT2D eigenvalue weighted by molar-refractivity contribution is -0.385. The molecule has 0 saturated heterocycles. The van der Waals surface area contributed by atoms with Gasteiger partial charge in [-0.15, -0.1) is 0 Å². The number of nitro benzene ring substituents is 1. The van der Waals surface area contributed by atoms with Crippen LogP contribution in [-0.4, -0.2) is 25.5 Å². The molecule has 2 atom stereocenters. The Morgan fingerprint density at radius 1 is 1.58 bits per heavy atom. The van der Waals surface area contributed by atoms with Gasteiger partial charge in [-0.25, -0.2) is 0 Å². The zero-order valence-corrected chi connectivity index (χ0v) is 11.6. The molecule has 104 valence electrons. The molecule has 0 radical (unpaired) electrons. The average Bonchev–Trinajstić information content (AvgIpc) is 2.30. The van der Waals surface area contributed by atoms with Crippen molar-refractivity contribution in [3.8, 4) is 0 Å². The Morgan fingerprint density at radius 3 is 2.74 bits per heavy atom. The van der Waals surface area contributed by atoms with Crippen molar-refractivity contribution in [1.82, 2.24) is 0 Å². The molecule has 0 aliphatic carbocycles. The second-order valence-electron chi connectivity index (χ2n) is 3.93. The highest BCUT2D eigenvalue weighted by Crippen LogP contribution is 2.28. The number of carboxylic acids is 1. The minimum Gasteiger partial charge on any atom is -0.481 e. The predicted octanol–water partition coefficient (Wildman–Crippen LogP) is 2.36. The van der Waals surface area contributed by atoms with Gasteiger partial charge in [-0.05, 0) is 6.07 Å². The predicted molar refractivity (Wildman–Crippen MR) is 71.7 cm³/mol. The molecule has 0 fully saturated rings. The smallest absolute Gasteiger partial charge is 0.304 e. The number of hydrogen-bond acceptors (Lipinski definition) is 4. The van der Waals surface area contributed by atoms with Gasteiger partial charge < -0.3 is 5.11 Å². The third-order valence-electron chi connectivity index (χ3n) is 2.49. The summed E-state index contributed by atoms with van der Waals surface area (Å²) in [4.78, 5) is 20.8. The number of rotatable bonds is 6. The third kappa shape index (κ3) is 4.29. The number of nitrogens with zero attached hydrogens (tertiary/aromatic N) is 1. The fourth-order valence-corrected chi connectivity index (χ4v) is 3.00. The van der Waals surface area contributed by atoms with Gasteiger partial charge in [0.15, 0.2) is 0 Å². The van der Waals surface area contributed by atoms with Crippen LogP contribution in [0.4, 0.5) is 5.69 Å². The van der Waals surface area contributed by atoms with Crippen molar-refractivity contribution in [2.45, 2.75) is 24.3 Å². The second kappa shape index (κ2) is 6.63. The molecule has 0 heterocycles. The molecular formula is C11H12ClNO5S. The molecule has 0 bridgehead atoms. The van der Waals surface area contributed by atoms with Crippen LogP contribution in [0.15, 0.2) is 18.2 Å². The number of carbonyl (C=O) groups is 1. The van der Waals surface area contributed by atoms with Crippen LogP contribution in [0.5, 0.6) is 0 Å². The van der Waals surface area contributed by atoms with E-state index in [1.165, 1.54) is 25.1 Å². The van der Waals surface area contributed by atoms with E-state index in [0.717, 1.165) is 0 Å². The number of hydrogen-bond donors (Lipinski definition) is 1. The van der Waals surface area contributed by atoms with Gasteiger partial charge in [0.1, 0.15) is 0 Å². The Hall–Kier alpha value is -1.47. The Morgan fingerprint density at radius 2 is 2.21 bits per heavy atom. The first kappa shape index (κ1) is 15.6. The summed E-state index contributed by atoms with van der Waals surface area (Å²) < 4.78 is 11.9. The summed E-state index contributed by atoms with van der Waals surface area (Å²) in [5, 5.41) is 19.0. The summed E-state index contributed by atoms with van der Waals surface area (Å²) in [5.74, 6) is -1.20. The van der Waals surface area contributed by atoms with Crippen molar-refractivity contribution in [3.05, 3.63) is 38.9 Å². The number of aliphatic carboxylic acids is 1. The van der Waals surface area contributed by atoms with Crippen LogP contribution in [0.2, 0.25) is 5.02 Å². The molecule has 1 aromatic rings. The van der Waals surface area contributed by atoms with Crippen molar-refractivity contribution in [2.75, 3.05) is 0 Å². The highest BCUT2D eigenvalue weighted by molar-refractivity contribution is 7.84. The van der Waals surface area contributed by atoms with E-state index in [0.29, 0.717) is 0 Å². The van der Waals surface area contributed by atoms with Crippen LogP contribution in [0, 0.1) is 10.1 Å². The van der Waals surface area contributed by atoms with E-state index in [2.05, 4.69) is 0 Å². The molecule has 0 saturated carbocycles. The van der Waals surface area contributed by atoms with E-state index >= 15 is 0 Å². The van der Waals surface area contributed by atoms with Crippen molar-refractivity contribution >= 4 is 34.1 Å². The maximum absolute atomic E-state index is 11.9. The molecule has 19 heavy (non-hydrogen) atoms. The monoisotopic (exact) mass is 305 g/mol. The topological polar surface area (TPSA) is 97.5 Å². The van der Waals surface area contributed by atoms with Crippen LogP contribution in [0.1, 0.15) is 18.9 Å². The van der Waals surface area contributed by atoms with E-state index in [1.54, 1.807) is 0 Å². The van der Waals surface area contributed by atoms with E-state index in [-0.39, 0.29) is 28.4 Å². The van der Waals surface area contributed by atoms with Gasteiger partial charge >= 0.3 is 5.97 Å². The largest absolute Gasteiger partial charge is 0.481 e. The van der Waals surface area contributed by atoms with E-state index in [9.17, 15) is 19.1 Å². The Bertz CT molecular complexity index is 534. The Balaban J connectivity index is 2.96. The van der Waals surface area contributed by atoms with Gasteiger partial charge in [0.2, 0.25) is 0 Å². The maximum Gasteiger partial charge on any atom is 0.304 e. The lowest BCUT2D eigenvalue weighted by Gasteiger charge is -2.10. The molecule has 1 N–H and O–H groups in total. The average molecular weight is 306 g/mol. The summed E-state index contributed by atoms with van der Waals surface area (Å²) in [5.41, 5.74) is -0.0342. The van der Waals surface area contributed by atoms with Crippen molar-refractivity contribution in [1.29, 1.82) is 0 Å². The van der Waals surface area contributed by atoms with Crippen molar-refractivity contribution < 1.29 is 19.0 Å². The van der Waals surface area contributed by atoms with Crippen LogP contribution in [0.3, 0.4) is 0 Å². The first-order chi connectivity index (χ1) is 8.82. The van der Waals surface area contributed by atoms with Gasteiger partial charge in [-0.2, -0.15) is 0 Å². The van der Waals surface area contributed by atoms with E-state index in [4.69, 9.17) is 16.7 Å². The second-order valence-corrected chi connectivity index (χ2v) is 6.19.